The summed E-state index contributed by atoms with van der Waals surface area (Å²) in [6, 6.07) is 7.36. The number of hydrogen-bond acceptors (Lipinski definition) is 2. The van der Waals surface area contributed by atoms with E-state index < -0.39 is 0 Å². The highest BCUT2D eigenvalue weighted by Gasteiger charge is 1.81. The van der Waals surface area contributed by atoms with Gasteiger partial charge in [-0.3, -0.25) is 0 Å². The lowest BCUT2D eigenvalue weighted by Gasteiger charge is -1.89. The van der Waals surface area contributed by atoms with Gasteiger partial charge in [0, 0.05) is 12.0 Å². The molecule has 0 bridgehead atoms. The van der Waals surface area contributed by atoms with Gasteiger partial charge in [-0.1, -0.05) is 20.3 Å². The fraction of sp³-hybridized carbons (Fsp3) is 0.333. The van der Waals surface area contributed by atoms with Crippen LogP contribution in [0.4, 0.5) is 5.69 Å². The Hall–Kier alpha value is -0.630. The second-order valence-corrected chi connectivity index (χ2v) is 2.82. The van der Waals surface area contributed by atoms with E-state index in [2.05, 4.69) is 26.5 Å². The summed E-state index contributed by atoms with van der Waals surface area (Å²) >= 11 is 4.08. The number of anilines is 1. The molecule has 0 aliphatic rings. The SMILES string of the molecule is CCC.Nc1ccc(S)cc1.[HH]. The average molecular weight is 171 g/mol. The number of nitrogen functional groups attached to an aromatic ring is 1. The Kier molecular flexibility index (Phi) is 5.75. The van der Waals surface area contributed by atoms with E-state index in [1.807, 2.05) is 24.3 Å². The number of thiol groups is 1. The molecule has 0 spiro atoms. The van der Waals surface area contributed by atoms with Crippen molar-refractivity contribution in [3.05, 3.63) is 24.3 Å². The predicted molar refractivity (Wildman–Crippen MR) is 56.2 cm³/mol. The predicted octanol–water partition coefficient (Wildman–Crippen LogP) is 3.22. The van der Waals surface area contributed by atoms with Gasteiger partial charge >= 0.3 is 0 Å². The normalized spacial score (nSPS) is 8.27. The Bertz CT molecular complexity index is 165. The van der Waals surface area contributed by atoms with Crippen molar-refractivity contribution in [2.24, 2.45) is 0 Å². The van der Waals surface area contributed by atoms with Crippen molar-refractivity contribution in [2.45, 2.75) is 25.2 Å². The molecule has 0 fully saturated rings. The van der Waals surface area contributed by atoms with Crippen LogP contribution in [0.5, 0.6) is 0 Å². The summed E-state index contributed by atoms with van der Waals surface area (Å²) in [6.45, 7) is 4.25. The van der Waals surface area contributed by atoms with Crippen molar-refractivity contribution in [1.29, 1.82) is 0 Å². The second kappa shape index (κ2) is 6.10. The first-order valence-electron chi connectivity index (χ1n) is 3.75. The van der Waals surface area contributed by atoms with Crippen LogP contribution in [0.1, 0.15) is 21.7 Å². The maximum absolute atomic E-state index is 5.39. The highest BCUT2D eigenvalue weighted by Crippen LogP contribution is 2.07. The zero-order chi connectivity index (χ0) is 8.69. The Morgan fingerprint density at radius 1 is 1.27 bits per heavy atom. The van der Waals surface area contributed by atoms with E-state index >= 15 is 0 Å². The van der Waals surface area contributed by atoms with Crippen molar-refractivity contribution >= 4 is 18.3 Å². The molecular weight excluding hydrogens is 154 g/mol. The quantitative estimate of drug-likeness (QED) is 0.455. The Labute approximate surface area is 75.5 Å². The minimum absolute atomic E-state index is 0. The molecule has 0 saturated carbocycles. The maximum atomic E-state index is 5.39. The largest absolute Gasteiger partial charge is 0.399 e. The zero-order valence-electron chi connectivity index (χ0n) is 7.04. The molecule has 1 aromatic rings. The molecule has 64 valence electrons. The number of benzene rings is 1. The molecule has 0 unspecified atom stereocenters. The number of nitrogens with two attached hydrogens (primary N) is 1. The van der Waals surface area contributed by atoms with E-state index in [1.165, 1.54) is 6.42 Å². The number of rotatable bonds is 0. The lowest BCUT2D eigenvalue weighted by molar-refractivity contribution is 1.09. The summed E-state index contributed by atoms with van der Waals surface area (Å²) in [7, 11) is 0. The highest BCUT2D eigenvalue weighted by atomic mass is 32.1. The van der Waals surface area contributed by atoms with Gasteiger partial charge in [0.2, 0.25) is 0 Å². The smallest absolute Gasteiger partial charge is 0.0314 e. The zero-order valence-corrected chi connectivity index (χ0v) is 7.94. The van der Waals surface area contributed by atoms with Gasteiger partial charge in [-0.2, -0.15) is 0 Å². The van der Waals surface area contributed by atoms with Crippen LogP contribution in [-0.2, 0) is 0 Å². The van der Waals surface area contributed by atoms with Crippen molar-refractivity contribution in [1.82, 2.24) is 0 Å². The van der Waals surface area contributed by atoms with Crippen LogP contribution >= 0.6 is 12.6 Å². The van der Waals surface area contributed by atoms with Gasteiger partial charge in [0.1, 0.15) is 0 Å². The monoisotopic (exact) mass is 171 g/mol. The maximum Gasteiger partial charge on any atom is 0.0314 e. The third-order valence-corrected chi connectivity index (χ3v) is 1.19. The van der Waals surface area contributed by atoms with Crippen LogP contribution in [0.2, 0.25) is 0 Å². The summed E-state index contributed by atoms with van der Waals surface area (Å²) in [5.41, 5.74) is 6.17. The van der Waals surface area contributed by atoms with Gasteiger partial charge in [0.25, 0.3) is 0 Å². The van der Waals surface area contributed by atoms with Gasteiger partial charge in [0.05, 0.1) is 0 Å². The van der Waals surface area contributed by atoms with Crippen LogP contribution in [0.15, 0.2) is 29.2 Å². The third-order valence-electron chi connectivity index (χ3n) is 0.893. The summed E-state index contributed by atoms with van der Waals surface area (Å²) < 4.78 is 0. The third kappa shape index (κ3) is 5.80. The van der Waals surface area contributed by atoms with Crippen molar-refractivity contribution < 1.29 is 1.43 Å². The number of hydrogen-bond donors (Lipinski definition) is 2. The van der Waals surface area contributed by atoms with E-state index in [9.17, 15) is 0 Å². The molecule has 0 atom stereocenters. The van der Waals surface area contributed by atoms with Crippen molar-refractivity contribution in [3.63, 3.8) is 0 Å². The van der Waals surface area contributed by atoms with Crippen molar-refractivity contribution in [2.75, 3.05) is 5.73 Å². The molecular formula is C9H17NS. The molecule has 1 aromatic carbocycles. The lowest BCUT2D eigenvalue weighted by atomic mass is 10.3. The molecule has 1 rings (SSSR count). The van der Waals surface area contributed by atoms with E-state index in [1.54, 1.807) is 0 Å². The van der Waals surface area contributed by atoms with E-state index in [4.69, 9.17) is 5.73 Å². The van der Waals surface area contributed by atoms with Crippen LogP contribution in [0.25, 0.3) is 0 Å². The topological polar surface area (TPSA) is 26.0 Å². The molecule has 11 heavy (non-hydrogen) atoms. The van der Waals surface area contributed by atoms with E-state index in [0.29, 0.717) is 0 Å². The minimum atomic E-state index is 0. The average Bonchev–Trinajstić information content (AvgIpc) is 1.97. The van der Waals surface area contributed by atoms with Crippen LogP contribution in [0.3, 0.4) is 0 Å². The Morgan fingerprint density at radius 2 is 1.64 bits per heavy atom. The van der Waals surface area contributed by atoms with Gasteiger partial charge in [0.15, 0.2) is 0 Å². The molecule has 0 aliphatic carbocycles. The summed E-state index contributed by atoms with van der Waals surface area (Å²) in [4.78, 5) is 0.944. The van der Waals surface area contributed by atoms with E-state index in [0.717, 1.165) is 10.6 Å². The van der Waals surface area contributed by atoms with Gasteiger partial charge < -0.3 is 5.73 Å². The molecule has 1 nitrogen and oxygen atoms in total. The van der Waals surface area contributed by atoms with Crippen LogP contribution in [-0.4, -0.2) is 0 Å². The Morgan fingerprint density at radius 3 is 1.91 bits per heavy atom. The molecule has 0 saturated heterocycles. The van der Waals surface area contributed by atoms with Crippen molar-refractivity contribution in [3.8, 4) is 0 Å². The summed E-state index contributed by atoms with van der Waals surface area (Å²) in [6.07, 6.45) is 1.25. The summed E-state index contributed by atoms with van der Waals surface area (Å²) in [5, 5.41) is 0. The lowest BCUT2D eigenvalue weighted by Crippen LogP contribution is -1.80. The molecule has 0 aliphatic heterocycles. The second-order valence-electron chi connectivity index (χ2n) is 2.30. The van der Waals surface area contributed by atoms with Gasteiger partial charge in [-0.15, -0.1) is 12.6 Å². The van der Waals surface area contributed by atoms with Crippen LogP contribution in [0, 0.1) is 0 Å². The van der Waals surface area contributed by atoms with Gasteiger partial charge in [-0.25, -0.2) is 0 Å². The first-order valence-corrected chi connectivity index (χ1v) is 4.20. The van der Waals surface area contributed by atoms with Gasteiger partial charge in [-0.05, 0) is 24.3 Å². The molecule has 0 amide bonds. The fourth-order valence-electron chi connectivity index (χ4n) is 0.474. The first-order chi connectivity index (χ1) is 5.20. The standard InChI is InChI=1S/C6H7NS.C3H8.H2/c7-5-1-3-6(8)4-2-5;1-3-2;/h1-4,8H,7H2;3H2,1-2H3;1H. The molecule has 0 radical (unpaired) electrons. The Balaban J connectivity index is 0. The summed E-state index contributed by atoms with van der Waals surface area (Å²) in [5.74, 6) is 0. The molecule has 0 aromatic heterocycles. The minimum Gasteiger partial charge on any atom is -0.399 e. The first kappa shape index (κ1) is 10.4. The molecule has 2 N–H and O–H groups in total. The molecule has 0 heterocycles. The van der Waals surface area contributed by atoms with E-state index in [-0.39, 0.29) is 1.43 Å². The van der Waals surface area contributed by atoms with Crippen LogP contribution < -0.4 is 5.73 Å². The molecule has 2 heteroatoms. The highest BCUT2D eigenvalue weighted by molar-refractivity contribution is 7.80. The fourth-order valence-corrected chi connectivity index (χ4v) is 0.623.